The van der Waals surface area contributed by atoms with Crippen LogP contribution in [0, 0.1) is 0 Å². The van der Waals surface area contributed by atoms with Crippen LogP contribution in [0.4, 0.5) is 4.79 Å². The van der Waals surface area contributed by atoms with E-state index in [1.807, 2.05) is 25.7 Å². The summed E-state index contributed by atoms with van der Waals surface area (Å²) in [5, 5.41) is 3.40. The number of rotatable bonds is 3. The van der Waals surface area contributed by atoms with Crippen molar-refractivity contribution in [2.24, 2.45) is 0 Å². The minimum absolute atomic E-state index is 0.178. The number of aromatic nitrogens is 1. The van der Waals surface area contributed by atoms with E-state index in [4.69, 9.17) is 9.72 Å². The number of likely N-dealkylation sites (tertiary alicyclic amines) is 1. The van der Waals surface area contributed by atoms with Crippen molar-refractivity contribution in [2.45, 2.75) is 103 Å². The summed E-state index contributed by atoms with van der Waals surface area (Å²) in [5.74, 6) is 0. The topological polar surface area (TPSA) is 45.7 Å². The van der Waals surface area contributed by atoms with Crippen LogP contribution in [-0.4, -0.2) is 58.7 Å². The van der Waals surface area contributed by atoms with Crippen LogP contribution in [0.15, 0.2) is 29.7 Å². The maximum Gasteiger partial charge on any atom is 0.410 e. The van der Waals surface area contributed by atoms with Gasteiger partial charge in [0.2, 0.25) is 0 Å². The molecule has 0 N–H and O–H groups in total. The molecule has 3 heterocycles. The Bertz CT molecular complexity index is 1210. The van der Waals surface area contributed by atoms with E-state index in [1.165, 1.54) is 35.1 Å². The molecular weight excluding hydrogens is 490 g/mol. The fraction of sp³-hybridized carbons (Fsp3) is 0.625. The minimum atomic E-state index is -0.439. The van der Waals surface area contributed by atoms with Gasteiger partial charge < -0.3 is 9.64 Å². The monoisotopic (exact) mass is 535 g/mol. The summed E-state index contributed by atoms with van der Waals surface area (Å²) >= 11 is 1.78. The highest BCUT2D eigenvalue weighted by atomic mass is 32.1. The molecule has 6 heteroatoms. The van der Waals surface area contributed by atoms with Gasteiger partial charge in [0.15, 0.2) is 0 Å². The van der Waals surface area contributed by atoms with E-state index in [0.29, 0.717) is 6.04 Å². The van der Waals surface area contributed by atoms with E-state index >= 15 is 0 Å². The molecule has 2 aromatic rings. The molecule has 1 fully saturated rings. The molecule has 2 aliphatic heterocycles. The lowest BCUT2D eigenvalue weighted by atomic mass is 9.63. The molecule has 1 aromatic carbocycles. The van der Waals surface area contributed by atoms with Crippen LogP contribution in [0.3, 0.4) is 0 Å². The molecular formula is C32H45N3O2S. The second-order valence-electron chi connectivity index (χ2n) is 13.7. The zero-order chi connectivity index (χ0) is 27.3. The minimum Gasteiger partial charge on any atom is -0.444 e. The number of ether oxygens (including phenoxy) is 1. The van der Waals surface area contributed by atoms with Crippen molar-refractivity contribution in [3.05, 3.63) is 45.8 Å². The molecule has 0 unspecified atom stereocenters. The molecule has 1 saturated heterocycles. The SMILES string of the molecule is CC(C)(C)OC(=O)N1CCC(N2CC=C(c3nc(-c4ccc5c(c4)C(C)(C)CCC5(C)C)cs3)CC2)CC1. The maximum absolute atomic E-state index is 12.4. The molecule has 0 spiro atoms. The molecule has 38 heavy (non-hydrogen) atoms. The lowest BCUT2D eigenvalue weighted by molar-refractivity contribution is 0.0149. The van der Waals surface area contributed by atoms with Gasteiger partial charge in [0, 0.05) is 43.2 Å². The molecule has 0 radical (unpaired) electrons. The highest BCUT2D eigenvalue weighted by molar-refractivity contribution is 7.11. The van der Waals surface area contributed by atoms with Crippen molar-refractivity contribution in [2.75, 3.05) is 26.2 Å². The van der Waals surface area contributed by atoms with Crippen LogP contribution >= 0.6 is 11.3 Å². The second kappa shape index (κ2) is 10.1. The molecule has 1 amide bonds. The Labute approximate surface area is 233 Å². The number of hydrogen-bond donors (Lipinski definition) is 0. The van der Waals surface area contributed by atoms with Gasteiger partial charge in [-0.3, -0.25) is 4.90 Å². The van der Waals surface area contributed by atoms with E-state index < -0.39 is 5.60 Å². The van der Waals surface area contributed by atoms with Crippen molar-refractivity contribution in [1.29, 1.82) is 0 Å². The normalized spacial score (nSPS) is 22.1. The first kappa shape index (κ1) is 27.4. The number of amides is 1. The smallest absolute Gasteiger partial charge is 0.410 e. The molecule has 3 aliphatic rings. The maximum atomic E-state index is 12.4. The number of benzene rings is 1. The third-order valence-electron chi connectivity index (χ3n) is 8.80. The Morgan fingerprint density at radius 1 is 1.03 bits per heavy atom. The van der Waals surface area contributed by atoms with E-state index in [-0.39, 0.29) is 16.9 Å². The number of nitrogens with zero attached hydrogens (tertiary/aromatic N) is 3. The molecule has 5 nitrogen and oxygen atoms in total. The van der Waals surface area contributed by atoms with Gasteiger partial charge in [-0.25, -0.2) is 9.78 Å². The van der Waals surface area contributed by atoms with Crippen LogP contribution in [0.25, 0.3) is 16.8 Å². The predicted molar refractivity (Wildman–Crippen MR) is 158 cm³/mol. The van der Waals surface area contributed by atoms with Crippen LogP contribution in [0.2, 0.25) is 0 Å². The fourth-order valence-corrected chi connectivity index (χ4v) is 7.15. The summed E-state index contributed by atoms with van der Waals surface area (Å²) in [6, 6.07) is 7.58. The largest absolute Gasteiger partial charge is 0.444 e. The van der Waals surface area contributed by atoms with Crippen molar-refractivity contribution >= 4 is 23.0 Å². The highest BCUT2D eigenvalue weighted by Crippen LogP contribution is 2.47. The zero-order valence-electron chi connectivity index (χ0n) is 24.4. The van der Waals surface area contributed by atoms with Crippen molar-refractivity contribution < 1.29 is 9.53 Å². The number of fused-ring (bicyclic) bond motifs is 1. The quantitative estimate of drug-likeness (QED) is 0.405. The third kappa shape index (κ3) is 5.72. The Balaban J connectivity index is 1.22. The first-order valence-electron chi connectivity index (χ1n) is 14.3. The predicted octanol–water partition coefficient (Wildman–Crippen LogP) is 7.65. The summed E-state index contributed by atoms with van der Waals surface area (Å²) in [6.45, 7) is 18.9. The van der Waals surface area contributed by atoms with Crippen LogP contribution in [-0.2, 0) is 15.6 Å². The number of carbonyl (C=O) groups is 1. The Morgan fingerprint density at radius 3 is 2.34 bits per heavy atom. The van der Waals surface area contributed by atoms with Gasteiger partial charge in [0.25, 0.3) is 0 Å². The average Bonchev–Trinajstić information content (AvgIpc) is 3.36. The van der Waals surface area contributed by atoms with Crippen molar-refractivity contribution in [3.8, 4) is 11.3 Å². The van der Waals surface area contributed by atoms with E-state index in [0.717, 1.165) is 56.1 Å². The lowest BCUT2D eigenvalue weighted by Crippen LogP contribution is -2.48. The summed E-state index contributed by atoms with van der Waals surface area (Å²) in [6.07, 6.45) is 7.71. The average molecular weight is 536 g/mol. The fourth-order valence-electron chi connectivity index (χ4n) is 6.25. The van der Waals surface area contributed by atoms with E-state index in [1.54, 1.807) is 11.3 Å². The molecule has 0 saturated carbocycles. The molecule has 0 bridgehead atoms. The summed E-state index contributed by atoms with van der Waals surface area (Å²) < 4.78 is 5.56. The van der Waals surface area contributed by atoms with Gasteiger partial charge in [-0.15, -0.1) is 11.3 Å². The van der Waals surface area contributed by atoms with Gasteiger partial charge >= 0.3 is 6.09 Å². The molecule has 0 atom stereocenters. The number of hydrogen-bond acceptors (Lipinski definition) is 5. The highest BCUT2D eigenvalue weighted by Gasteiger charge is 2.37. The number of piperidine rings is 1. The van der Waals surface area contributed by atoms with Crippen LogP contribution in [0.5, 0.6) is 0 Å². The van der Waals surface area contributed by atoms with Crippen LogP contribution in [0.1, 0.15) is 96.7 Å². The van der Waals surface area contributed by atoms with Gasteiger partial charge in [0.05, 0.1) is 5.69 Å². The van der Waals surface area contributed by atoms with Crippen molar-refractivity contribution in [3.63, 3.8) is 0 Å². The summed E-state index contributed by atoms with van der Waals surface area (Å²) in [4.78, 5) is 22.0. The second-order valence-corrected chi connectivity index (χ2v) is 14.6. The van der Waals surface area contributed by atoms with Gasteiger partial charge in [0.1, 0.15) is 10.6 Å². The van der Waals surface area contributed by atoms with Crippen LogP contribution < -0.4 is 0 Å². The number of thiazole rings is 1. The summed E-state index contributed by atoms with van der Waals surface area (Å²) in [7, 11) is 0. The van der Waals surface area contributed by atoms with E-state index in [2.05, 4.69) is 62.3 Å². The first-order chi connectivity index (χ1) is 17.8. The van der Waals surface area contributed by atoms with Gasteiger partial charge in [-0.2, -0.15) is 0 Å². The van der Waals surface area contributed by atoms with E-state index in [9.17, 15) is 4.79 Å². The van der Waals surface area contributed by atoms with Crippen molar-refractivity contribution in [1.82, 2.24) is 14.8 Å². The Morgan fingerprint density at radius 2 is 1.71 bits per heavy atom. The Hall–Kier alpha value is -2.18. The molecule has 5 rings (SSSR count). The molecule has 1 aromatic heterocycles. The molecule has 206 valence electrons. The summed E-state index contributed by atoms with van der Waals surface area (Å²) in [5.41, 5.74) is 6.72. The third-order valence-corrected chi connectivity index (χ3v) is 9.72. The lowest BCUT2D eigenvalue weighted by Gasteiger charge is -2.42. The molecule has 1 aliphatic carbocycles. The first-order valence-corrected chi connectivity index (χ1v) is 15.2. The number of carbonyl (C=O) groups excluding carboxylic acids is 1. The zero-order valence-corrected chi connectivity index (χ0v) is 25.2. The van der Waals surface area contributed by atoms with Gasteiger partial charge in [-0.05, 0) is 86.5 Å². The van der Waals surface area contributed by atoms with Gasteiger partial charge in [-0.1, -0.05) is 45.9 Å². The standard InChI is InChI=1S/C32H45N3O2S/c1-30(2,3)37-29(36)35-18-12-24(13-19-35)34-16-10-22(11-17-34)28-33-27(21-38-28)23-8-9-25-26(20-23)32(6,7)15-14-31(25,4)5/h8-10,20-21,24H,11-19H2,1-7H3. The Kier molecular flexibility index (Phi) is 7.27.